The molecule has 2 aromatic carbocycles. The van der Waals surface area contributed by atoms with E-state index in [-0.39, 0.29) is 22.6 Å². The molecule has 132 valence electrons. The number of H-pyrrole nitrogens is 1. The number of aromatic hydroxyl groups is 1. The lowest BCUT2D eigenvalue weighted by Crippen LogP contribution is -2.27. The Morgan fingerprint density at radius 3 is 2.31 bits per heavy atom. The van der Waals surface area contributed by atoms with Crippen LogP contribution >= 0.6 is 11.3 Å². The van der Waals surface area contributed by atoms with Crippen LogP contribution in [-0.4, -0.2) is 16.0 Å². The molecule has 1 aliphatic carbocycles. The third-order valence-electron chi connectivity index (χ3n) is 4.42. The number of hydrogen-bond donors (Lipinski definition) is 2. The first-order chi connectivity index (χ1) is 12.6. The Kier molecular flexibility index (Phi) is 4.34. The first-order valence-corrected chi connectivity index (χ1v) is 9.32. The highest BCUT2D eigenvalue weighted by atomic mass is 32.1. The van der Waals surface area contributed by atoms with E-state index >= 15 is 0 Å². The second-order valence-corrected chi connectivity index (χ2v) is 7.48. The van der Waals surface area contributed by atoms with Gasteiger partial charge in [-0.1, -0.05) is 41.7 Å². The van der Waals surface area contributed by atoms with Gasteiger partial charge in [-0.3, -0.25) is 19.5 Å². The van der Waals surface area contributed by atoms with Gasteiger partial charge in [0.15, 0.2) is 0 Å². The zero-order valence-electron chi connectivity index (χ0n) is 14.0. The van der Waals surface area contributed by atoms with Gasteiger partial charge in [0.1, 0.15) is 0 Å². The zero-order chi connectivity index (χ0) is 18.1. The number of benzene rings is 2. The number of rotatable bonds is 5. The van der Waals surface area contributed by atoms with Crippen molar-refractivity contribution in [2.45, 2.75) is 19.3 Å². The summed E-state index contributed by atoms with van der Waals surface area (Å²) < 4.78 is 0. The van der Waals surface area contributed by atoms with Crippen LogP contribution in [0, 0.1) is 5.92 Å². The van der Waals surface area contributed by atoms with E-state index in [2.05, 4.69) is 4.98 Å². The van der Waals surface area contributed by atoms with Crippen LogP contribution in [0.5, 0.6) is 5.88 Å². The van der Waals surface area contributed by atoms with Crippen LogP contribution in [0.3, 0.4) is 0 Å². The summed E-state index contributed by atoms with van der Waals surface area (Å²) >= 11 is 1.01. The first-order valence-electron chi connectivity index (χ1n) is 8.51. The maximum atomic E-state index is 12.8. The van der Waals surface area contributed by atoms with Crippen molar-refractivity contribution in [3.8, 4) is 5.88 Å². The minimum atomic E-state index is -0.264. The number of aromatic nitrogens is 1. The Morgan fingerprint density at radius 2 is 1.73 bits per heavy atom. The van der Waals surface area contributed by atoms with Crippen LogP contribution in [0.25, 0.3) is 0 Å². The molecule has 5 nitrogen and oxygen atoms in total. The molecular formula is C20H18N2O3S. The van der Waals surface area contributed by atoms with Gasteiger partial charge in [-0.15, -0.1) is 0 Å². The molecule has 1 heterocycles. The van der Waals surface area contributed by atoms with Crippen molar-refractivity contribution in [1.82, 2.24) is 4.98 Å². The minimum Gasteiger partial charge on any atom is -0.494 e. The highest BCUT2D eigenvalue weighted by molar-refractivity contribution is 7.09. The molecule has 0 aliphatic heterocycles. The van der Waals surface area contributed by atoms with Crippen LogP contribution < -0.4 is 9.77 Å². The monoisotopic (exact) mass is 366 g/mol. The lowest BCUT2D eigenvalue weighted by atomic mass is 10.1. The first kappa shape index (κ1) is 16.6. The van der Waals surface area contributed by atoms with Gasteiger partial charge in [-0.2, -0.15) is 0 Å². The molecule has 6 heteroatoms. The molecule has 1 amide bonds. The average Bonchev–Trinajstić information content (AvgIpc) is 3.44. The van der Waals surface area contributed by atoms with Crippen molar-refractivity contribution >= 4 is 28.6 Å². The van der Waals surface area contributed by atoms with Crippen LogP contribution in [0.1, 0.15) is 23.3 Å². The van der Waals surface area contributed by atoms with E-state index in [4.69, 9.17) is 0 Å². The molecule has 0 saturated heterocycles. The van der Waals surface area contributed by atoms with Gasteiger partial charge in [0, 0.05) is 23.7 Å². The van der Waals surface area contributed by atoms with Gasteiger partial charge in [0.25, 0.3) is 0 Å². The summed E-state index contributed by atoms with van der Waals surface area (Å²) in [5.41, 5.74) is 2.65. The average molecular weight is 366 g/mol. The number of carbonyl (C=O) groups excluding carboxylic acids is 1. The number of nitrogens with zero attached hydrogens (tertiary/aromatic N) is 1. The highest BCUT2D eigenvalue weighted by Gasteiger charge is 2.34. The Labute approximate surface area is 154 Å². The largest absolute Gasteiger partial charge is 0.494 e. The Balaban J connectivity index is 1.61. The minimum absolute atomic E-state index is 0.0705. The Hall–Kier alpha value is -2.86. The van der Waals surface area contributed by atoms with E-state index in [1.807, 2.05) is 54.6 Å². The van der Waals surface area contributed by atoms with Crippen molar-refractivity contribution in [2.75, 3.05) is 4.90 Å². The van der Waals surface area contributed by atoms with Crippen LogP contribution in [-0.2, 0) is 11.2 Å². The summed E-state index contributed by atoms with van der Waals surface area (Å²) in [6, 6.07) is 17.3. The van der Waals surface area contributed by atoms with Gasteiger partial charge < -0.3 is 5.11 Å². The lowest BCUT2D eigenvalue weighted by Gasteiger charge is -2.23. The molecule has 1 saturated carbocycles. The molecule has 0 atom stereocenters. The second kappa shape index (κ2) is 6.80. The van der Waals surface area contributed by atoms with E-state index in [1.54, 1.807) is 4.90 Å². The van der Waals surface area contributed by atoms with E-state index in [0.29, 0.717) is 11.3 Å². The molecule has 1 aliphatic rings. The van der Waals surface area contributed by atoms with Gasteiger partial charge >= 0.3 is 4.87 Å². The van der Waals surface area contributed by atoms with Gasteiger partial charge in [0.05, 0.1) is 4.88 Å². The molecule has 4 rings (SSSR count). The van der Waals surface area contributed by atoms with Gasteiger partial charge in [-0.25, -0.2) is 0 Å². The molecule has 1 fully saturated rings. The van der Waals surface area contributed by atoms with Crippen LogP contribution in [0.4, 0.5) is 11.4 Å². The van der Waals surface area contributed by atoms with Crippen molar-refractivity contribution in [2.24, 2.45) is 5.92 Å². The fourth-order valence-electron chi connectivity index (χ4n) is 2.91. The lowest BCUT2D eigenvalue weighted by molar-refractivity contribution is -0.119. The van der Waals surface area contributed by atoms with E-state index in [0.717, 1.165) is 41.1 Å². The van der Waals surface area contributed by atoms with Crippen molar-refractivity contribution < 1.29 is 9.90 Å². The number of anilines is 2. The Bertz CT molecular complexity index is 972. The molecular weight excluding hydrogens is 348 g/mol. The zero-order valence-corrected chi connectivity index (χ0v) is 14.8. The normalized spacial score (nSPS) is 13.5. The quantitative estimate of drug-likeness (QED) is 0.721. The second-order valence-electron chi connectivity index (χ2n) is 6.41. The maximum Gasteiger partial charge on any atom is 0.307 e. The van der Waals surface area contributed by atoms with Crippen LogP contribution in [0.2, 0.25) is 0 Å². The number of nitrogens with one attached hydrogen (secondary N) is 1. The molecule has 0 spiro atoms. The van der Waals surface area contributed by atoms with Crippen molar-refractivity contribution in [3.63, 3.8) is 0 Å². The predicted molar refractivity (Wildman–Crippen MR) is 102 cm³/mol. The summed E-state index contributed by atoms with van der Waals surface area (Å²) in [6.07, 6.45) is 2.37. The molecule has 0 bridgehead atoms. The number of thiazole rings is 1. The number of amides is 1. The summed E-state index contributed by atoms with van der Waals surface area (Å²) in [4.78, 5) is 28.6. The molecule has 3 aromatic rings. The van der Waals surface area contributed by atoms with E-state index in [1.165, 1.54) is 0 Å². The fourth-order valence-corrected chi connectivity index (χ4v) is 3.67. The SMILES string of the molecule is O=C(C1CC1)N(c1ccccc1)c1ccc(Cc2sc(=O)[nH]c2O)cc1. The summed E-state index contributed by atoms with van der Waals surface area (Å²) in [5, 5.41) is 9.73. The third-order valence-corrected chi connectivity index (χ3v) is 5.29. The van der Waals surface area contributed by atoms with Crippen molar-refractivity contribution in [3.05, 3.63) is 74.7 Å². The van der Waals surface area contributed by atoms with Gasteiger partial charge in [0.2, 0.25) is 11.8 Å². The maximum absolute atomic E-state index is 12.8. The standard InChI is InChI=1S/C20H18N2O3S/c23-18-17(26-20(25)21-18)12-13-6-10-16(11-7-13)22(19(24)14-8-9-14)15-4-2-1-3-5-15/h1-7,10-11,14,23H,8-9,12H2,(H,21,25). The number of carbonyl (C=O) groups is 1. The molecule has 0 unspecified atom stereocenters. The van der Waals surface area contributed by atoms with Gasteiger partial charge in [-0.05, 0) is 42.7 Å². The predicted octanol–water partition coefficient (Wildman–Crippen LogP) is 3.81. The molecule has 1 aromatic heterocycles. The molecule has 0 radical (unpaired) electrons. The molecule has 2 N–H and O–H groups in total. The fraction of sp³-hybridized carbons (Fsp3) is 0.200. The summed E-state index contributed by atoms with van der Waals surface area (Å²) in [6.45, 7) is 0. The van der Waals surface area contributed by atoms with E-state index in [9.17, 15) is 14.7 Å². The number of para-hydroxylation sites is 1. The smallest absolute Gasteiger partial charge is 0.307 e. The van der Waals surface area contributed by atoms with Crippen LogP contribution in [0.15, 0.2) is 59.4 Å². The summed E-state index contributed by atoms with van der Waals surface area (Å²) in [7, 11) is 0. The topological polar surface area (TPSA) is 73.4 Å². The number of hydrogen-bond acceptors (Lipinski definition) is 4. The third kappa shape index (κ3) is 3.41. The van der Waals surface area contributed by atoms with Crippen molar-refractivity contribution in [1.29, 1.82) is 0 Å². The Morgan fingerprint density at radius 1 is 1.08 bits per heavy atom. The number of aromatic amines is 1. The molecule has 26 heavy (non-hydrogen) atoms. The van der Waals surface area contributed by atoms with E-state index < -0.39 is 0 Å². The summed E-state index contributed by atoms with van der Waals surface area (Å²) in [5.74, 6) is 0.174. The highest BCUT2D eigenvalue weighted by Crippen LogP contribution is 2.36.